The Kier molecular flexibility index (Phi) is 6.09. The summed E-state index contributed by atoms with van der Waals surface area (Å²) in [4.78, 5) is 4.92. The van der Waals surface area contributed by atoms with Gasteiger partial charge in [0.2, 0.25) is 6.71 Å². The molecule has 0 aromatic heterocycles. The highest BCUT2D eigenvalue weighted by Gasteiger charge is 2.43. The van der Waals surface area contributed by atoms with Crippen LogP contribution in [0.1, 0.15) is 16.7 Å². The van der Waals surface area contributed by atoms with Crippen molar-refractivity contribution in [3.63, 3.8) is 0 Å². The van der Waals surface area contributed by atoms with Crippen molar-refractivity contribution in [3.05, 3.63) is 148 Å². The number of fused-ring (bicyclic) bond motifs is 7. The summed E-state index contributed by atoms with van der Waals surface area (Å²) in [5, 5.41) is 6.32. The number of benzene rings is 7. The average molecular weight is 631 g/mol. The topological polar surface area (TPSA) is 6.48 Å². The Labute approximate surface area is 279 Å². The lowest BCUT2D eigenvalue weighted by Crippen LogP contribution is -2.59. The maximum atomic E-state index is 6.87. The second-order valence-corrected chi connectivity index (χ2v) is 13.5. The molecule has 0 N–H and O–H groups in total. The molecule has 0 spiro atoms. The largest absolute Gasteiger partial charge is 0.307 e. The van der Waals surface area contributed by atoms with Crippen LogP contribution in [0.5, 0.6) is 0 Å². The zero-order valence-electron chi connectivity index (χ0n) is 25.8. The maximum absolute atomic E-state index is 6.87. The molecular weight excluding hydrogens is 602 g/mol. The van der Waals surface area contributed by atoms with E-state index in [2.05, 4.69) is 134 Å². The molecule has 2 aliphatic rings. The molecular formula is C41H29BCl2N2. The van der Waals surface area contributed by atoms with Crippen molar-refractivity contribution in [1.29, 1.82) is 0 Å². The molecule has 0 aliphatic carbocycles. The van der Waals surface area contributed by atoms with Gasteiger partial charge in [0.1, 0.15) is 0 Å². The minimum atomic E-state index is -0.0144. The summed E-state index contributed by atoms with van der Waals surface area (Å²) in [6, 6.07) is 43.8. The number of anilines is 6. The predicted molar refractivity (Wildman–Crippen MR) is 200 cm³/mol. The Morgan fingerprint density at radius 2 is 1.09 bits per heavy atom. The molecule has 2 heterocycles. The van der Waals surface area contributed by atoms with E-state index < -0.39 is 0 Å². The summed E-state index contributed by atoms with van der Waals surface area (Å²) in [5.41, 5.74) is 14.6. The fraction of sp³-hybridized carbons (Fsp3) is 0.0732. The Morgan fingerprint density at radius 1 is 0.500 bits per heavy atom. The fourth-order valence-electron chi connectivity index (χ4n) is 8.05. The van der Waals surface area contributed by atoms with Crippen molar-refractivity contribution >= 4 is 102 Å². The number of nitrogens with zero attached hydrogens (tertiary/aromatic N) is 2. The van der Waals surface area contributed by atoms with E-state index in [4.69, 9.17) is 23.2 Å². The minimum absolute atomic E-state index is 0.0144. The first-order chi connectivity index (χ1) is 22.4. The average Bonchev–Trinajstić information content (AvgIpc) is 3.04. The molecule has 9 rings (SSSR count). The van der Waals surface area contributed by atoms with Crippen LogP contribution in [0.2, 0.25) is 10.0 Å². The Balaban J connectivity index is 1.49. The number of halogens is 2. The molecule has 0 atom stereocenters. The number of rotatable bonds is 2. The third-order valence-corrected chi connectivity index (χ3v) is 10.3. The van der Waals surface area contributed by atoms with Gasteiger partial charge in [-0.2, -0.15) is 0 Å². The summed E-state index contributed by atoms with van der Waals surface area (Å²) in [6.45, 7) is 6.68. The third-order valence-electron chi connectivity index (χ3n) is 9.77. The van der Waals surface area contributed by atoms with Crippen molar-refractivity contribution in [2.45, 2.75) is 20.8 Å². The van der Waals surface area contributed by atoms with E-state index in [0.29, 0.717) is 0 Å². The highest BCUT2D eigenvalue weighted by Crippen LogP contribution is 2.56. The Hall–Kier alpha value is -4.70. The molecule has 0 unspecified atom stereocenters. The van der Waals surface area contributed by atoms with Crippen LogP contribution in [0, 0.1) is 20.8 Å². The van der Waals surface area contributed by atoms with Crippen molar-refractivity contribution in [3.8, 4) is 0 Å². The smallest absolute Gasteiger partial charge is 0.248 e. The highest BCUT2D eigenvalue weighted by atomic mass is 35.5. The van der Waals surface area contributed by atoms with E-state index in [-0.39, 0.29) is 6.71 Å². The predicted octanol–water partition coefficient (Wildman–Crippen LogP) is 10.3. The number of hydrogen-bond acceptors (Lipinski definition) is 2. The molecule has 7 aromatic carbocycles. The van der Waals surface area contributed by atoms with Crippen molar-refractivity contribution in [2.75, 3.05) is 9.80 Å². The van der Waals surface area contributed by atoms with Gasteiger partial charge in [-0.15, -0.1) is 0 Å². The highest BCUT2D eigenvalue weighted by molar-refractivity contribution is 7.00. The van der Waals surface area contributed by atoms with E-state index in [1.165, 1.54) is 60.3 Å². The van der Waals surface area contributed by atoms with Crippen molar-refractivity contribution < 1.29 is 0 Å². The van der Waals surface area contributed by atoms with Gasteiger partial charge in [0.25, 0.3) is 0 Å². The van der Waals surface area contributed by atoms with E-state index in [9.17, 15) is 0 Å². The van der Waals surface area contributed by atoms with E-state index in [1.807, 2.05) is 18.2 Å². The minimum Gasteiger partial charge on any atom is -0.307 e. The van der Waals surface area contributed by atoms with Gasteiger partial charge in [-0.3, -0.25) is 0 Å². The van der Waals surface area contributed by atoms with Gasteiger partial charge in [0.15, 0.2) is 0 Å². The second kappa shape index (κ2) is 10.2. The second-order valence-electron chi connectivity index (χ2n) is 12.7. The van der Waals surface area contributed by atoms with Crippen LogP contribution in [0.15, 0.2) is 121 Å². The zero-order valence-corrected chi connectivity index (χ0v) is 27.3. The van der Waals surface area contributed by atoms with Crippen molar-refractivity contribution in [2.24, 2.45) is 0 Å². The molecule has 0 saturated heterocycles. The van der Waals surface area contributed by atoms with Crippen LogP contribution in [0.3, 0.4) is 0 Å². The van der Waals surface area contributed by atoms with Crippen LogP contribution in [-0.4, -0.2) is 6.71 Å². The molecule has 2 aliphatic heterocycles. The molecule has 0 radical (unpaired) electrons. The summed E-state index contributed by atoms with van der Waals surface area (Å²) < 4.78 is 0. The molecule has 0 bridgehead atoms. The van der Waals surface area contributed by atoms with E-state index in [0.717, 1.165) is 38.5 Å². The molecule has 5 heteroatoms. The summed E-state index contributed by atoms with van der Waals surface area (Å²) in [7, 11) is 0. The molecule has 0 amide bonds. The quantitative estimate of drug-likeness (QED) is 0.175. The Bertz CT molecular complexity index is 2380. The first-order valence-electron chi connectivity index (χ1n) is 15.7. The van der Waals surface area contributed by atoms with Gasteiger partial charge < -0.3 is 9.80 Å². The number of aryl methyl sites for hydroxylation is 3. The first kappa shape index (κ1) is 27.6. The van der Waals surface area contributed by atoms with Crippen LogP contribution in [0.4, 0.5) is 34.1 Å². The van der Waals surface area contributed by atoms with Crippen LogP contribution < -0.4 is 26.2 Å². The lowest BCUT2D eigenvalue weighted by Gasteiger charge is -2.46. The van der Waals surface area contributed by atoms with Gasteiger partial charge in [0.05, 0.1) is 22.7 Å². The van der Waals surface area contributed by atoms with Gasteiger partial charge >= 0.3 is 0 Å². The zero-order chi connectivity index (χ0) is 31.3. The van der Waals surface area contributed by atoms with Gasteiger partial charge in [-0.25, -0.2) is 0 Å². The van der Waals surface area contributed by atoms with Gasteiger partial charge in [-0.1, -0.05) is 106 Å². The molecule has 46 heavy (non-hydrogen) atoms. The molecule has 2 nitrogen and oxygen atoms in total. The molecule has 7 aromatic rings. The lowest BCUT2D eigenvalue weighted by molar-refractivity contribution is 1.18. The first-order valence-corrected chi connectivity index (χ1v) is 16.4. The normalized spacial score (nSPS) is 13.2. The molecule has 0 fully saturated rings. The SMILES string of the molecule is Cc1cc(C)c(B2c3cc(Cl)ccc3N3c4cc5ccccc5cc4N(c4ccc(Cl)cc4)c4cc5ccccc5c2c43)c(C)c1. The third kappa shape index (κ3) is 3.98. The van der Waals surface area contributed by atoms with Crippen LogP contribution in [-0.2, 0) is 0 Å². The van der Waals surface area contributed by atoms with E-state index >= 15 is 0 Å². The summed E-state index contributed by atoms with van der Waals surface area (Å²) in [6.07, 6.45) is 0. The molecule has 220 valence electrons. The van der Waals surface area contributed by atoms with Crippen LogP contribution in [0.25, 0.3) is 21.5 Å². The van der Waals surface area contributed by atoms with Crippen molar-refractivity contribution in [1.82, 2.24) is 0 Å². The fourth-order valence-corrected chi connectivity index (χ4v) is 8.36. The summed E-state index contributed by atoms with van der Waals surface area (Å²) >= 11 is 13.3. The van der Waals surface area contributed by atoms with Gasteiger partial charge in [-0.05, 0) is 114 Å². The van der Waals surface area contributed by atoms with Crippen LogP contribution >= 0.6 is 23.2 Å². The Morgan fingerprint density at radius 3 is 1.78 bits per heavy atom. The number of hydrogen-bond donors (Lipinski definition) is 0. The summed E-state index contributed by atoms with van der Waals surface area (Å²) in [5.74, 6) is 0. The standard InChI is InChI=1S/C41H29BCl2N2/c1-24-18-25(2)39(26(3)19-24)42-34-23-31(44)14-17-35(34)46-37-21-28-9-5-4-8-27(28)20-36(37)45(32-15-12-30(43)13-16-32)38-22-29-10-6-7-11-33(29)40(42)41(38)46/h4-23H,1-3H3. The van der Waals surface area contributed by atoms with Gasteiger partial charge in [0, 0.05) is 21.4 Å². The monoisotopic (exact) mass is 630 g/mol. The molecule has 0 saturated carbocycles. The van der Waals surface area contributed by atoms with E-state index in [1.54, 1.807) is 0 Å². The lowest BCUT2D eigenvalue weighted by atomic mass is 9.33. The maximum Gasteiger partial charge on any atom is 0.248 e.